The quantitative estimate of drug-likeness (QED) is 0.199. The van der Waals surface area contributed by atoms with Crippen LogP contribution in [-0.2, 0) is 29.6 Å². The summed E-state index contributed by atoms with van der Waals surface area (Å²) in [7, 11) is 0. The molecule has 2 aliphatic rings. The Kier molecular flexibility index (Phi) is 8.88. The molecule has 0 aromatic heterocycles. The van der Waals surface area contributed by atoms with Gasteiger partial charge in [-0.05, 0) is 62.7 Å². The van der Waals surface area contributed by atoms with Crippen LogP contribution in [0.5, 0.6) is 5.75 Å². The third-order valence-corrected chi connectivity index (χ3v) is 8.57. The number of nitrogens with zero attached hydrogens (tertiary/aromatic N) is 1. The van der Waals surface area contributed by atoms with Gasteiger partial charge in [0.2, 0.25) is 11.7 Å². The minimum atomic E-state index is -0.984. The van der Waals surface area contributed by atoms with Crippen LogP contribution in [0.4, 0.5) is 10.1 Å². The Morgan fingerprint density at radius 3 is 2.21 bits per heavy atom. The van der Waals surface area contributed by atoms with E-state index in [2.05, 4.69) is 13.8 Å². The SMILES string of the molecule is CC1(C)COC(CS[C@H]2C(=O)N(c3ccc(F)cc3)[C@@H]2c2ccc(OCC(=O)OC(C)(C)C)cc2)(c2ccccc2)OC1. The summed E-state index contributed by atoms with van der Waals surface area (Å²) < 4.78 is 37.5. The van der Waals surface area contributed by atoms with E-state index in [0.29, 0.717) is 30.4 Å². The lowest BCUT2D eigenvalue weighted by molar-refractivity contribution is -0.295. The number of β-lactam (4-membered cyclic amide) rings is 1. The maximum Gasteiger partial charge on any atom is 0.344 e. The molecule has 2 aliphatic heterocycles. The van der Waals surface area contributed by atoms with Gasteiger partial charge in [-0.2, -0.15) is 0 Å². The molecule has 7 nitrogen and oxygen atoms in total. The molecule has 1 amide bonds. The first-order chi connectivity index (χ1) is 20.4. The molecule has 0 spiro atoms. The van der Waals surface area contributed by atoms with Crippen molar-refractivity contribution in [3.8, 4) is 5.75 Å². The molecular formula is C34H38FNO6S. The number of esters is 1. The van der Waals surface area contributed by atoms with Gasteiger partial charge in [-0.25, -0.2) is 9.18 Å². The van der Waals surface area contributed by atoms with Crippen LogP contribution in [0.15, 0.2) is 78.9 Å². The van der Waals surface area contributed by atoms with Crippen molar-refractivity contribution < 1.29 is 32.9 Å². The minimum absolute atomic E-state index is 0.0776. The van der Waals surface area contributed by atoms with Crippen molar-refractivity contribution >= 4 is 29.3 Å². The zero-order chi connectivity index (χ0) is 30.8. The third-order valence-electron chi connectivity index (χ3n) is 7.21. The largest absolute Gasteiger partial charge is 0.482 e. The number of halogens is 1. The van der Waals surface area contributed by atoms with Crippen LogP contribution in [-0.4, -0.2) is 48.3 Å². The fourth-order valence-electron chi connectivity index (χ4n) is 5.04. The molecule has 0 unspecified atom stereocenters. The second-order valence-corrected chi connectivity index (χ2v) is 13.8. The van der Waals surface area contributed by atoms with E-state index in [4.69, 9.17) is 18.9 Å². The first-order valence-electron chi connectivity index (χ1n) is 14.3. The Morgan fingerprint density at radius 1 is 0.977 bits per heavy atom. The van der Waals surface area contributed by atoms with Gasteiger partial charge in [0, 0.05) is 16.7 Å². The number of rotatable bonds is 9. The van der Waals surface area contributed by atoms with Crippen LogP contribution in [0.25, 0.3) is 0 Å². The number of hydrogen-bond acceptors (Lipinski definition) is 7. The van der Waals surface area contributed by atoms with Crippen molar-refractivity contribution in [2.75, 3.05) is 30.5 Å². The second kappa shape index (κ2) is 12.3. The van der Waals surface area contributed by atoms with Crippen LogP contribution < -0.4 is 9.64 Å². The monoisotopic (exact) mass is 607 g/mol. The van der Waals surface area contributed by atoms with Gasteiger partial charge in [-0.1, -0.05) is 56.3 Å². The first-order valence-corrected chi connectivity index (χ1v) is 15.4. The number of thioether (sulfide) groups is 1. The molecule has 2 atom stereocenters. The average Bonchev–Trinajstić information content (AvgIpc) is 2.97. The highest BCUT2D eigenvalue weighted by Crippen LogP contribution is 2.48. The Bertz CT molecular complexity index is 1410. The standard InChI is InChI=1S/C34H38FNO6S/c1-32(2,3)42-28(37)19-39-27-17-11-23(12-18-27)29-30(31(38)36(29)26-15-13-25(35)14-16-26)43-22-34(24-9-7-6-8-10-24)40-20-33(4,5)21-41-34/h6-18,29-30H,19-22H2,1-5H3/t29-,30-/m1/s1. The van der Waals surface area contributed by atoms with E-state index in [-0.39, 0.29) is 29.8 Å². The molecule has 0 saturated carbocycles. The van der Waals surface area contributed by atoms with Crippen molar-refractivity contribution in [3.63, 3.8) is 0 Å². The minimum Gasteiger partial charge on any atom is -0.482 e. The molecule has 0 N–H and O–H groups in total. The van der Waals surface area contributed by atoms with Crippen molar-refractivity contribution in [1.29, 1.82) is 0 Å². The lowest BCUT2D eigenvalue weighted by atomic mass is 9.92. The predicted octanol–water partition coefficient (Wildman–Crippen LogP) is 6.66. The molecule has 0 bridgehead atoms. The summed E-state index contributed by atoms with van der Waals surface area (Å²) in [5.41, 5.74) is 1.68. The summed E-state index contributed by atoms with van der Waals surface area (Å²) in [6, 6.07) is 22.7. The van der Waals surface area contributed by atoms with Gasteiger partial charge in [0.05, 0.1) is 25.0 Å². The number of amides is 1. The number of hydrogen-bond donors (Lipinski definition) is 0. The van der Waals surface area contributed by atoms with Crippen molar-refractivity contribution in [1.82, 2.24) is 0 Å². The van der Waals surface area contributed by atoms with Crippen LogP contribution >= 0.6 is 11.8 Å². The molecule has 2 saturated heterocycles. The van der Waals surface area contributed by atoms with E-state index in [0.717, 1.165) is 11.1 Å². The van der Waals surface area contributed by atoms with Gasteiger partial charge in [-0.3, -0.25) is 4.79 Å². The Hall–Kier alpha value is -3.40. The van der Waals surface area contributed by atoms with Gasteiger partial charge in [0.15, 0.2) is 6.61 Å². The number of carbonyl (C=O) groups is 2. The summed E-state index contributed by atoms with van der Waals surface area (Å²) in [6.45, 7) is 10.4. The fraction of sp³-hybridized carbons (Fsp3) is 0.412. The Balaban J connectivity index is 1.36. The number of carbonyl (C=O) groups excluding carboxylic acids is 2. The summed E-state index contributed by atoms with van der Waals surface area (Å²) in [4.78, 5) is 27.4. The molecular weight excluding hydrogens is 569 g/mol. The van der Waals surface area contributed by atoms with Gasteiger partial charge in [0.25, 0.3) is 0 Å². The van der Waals surface area contributed by atoms with E-state index in [1.807, 2.05) is 42.5 Å². The fourth-order valence-corrected chi connectivity index (χ4v) is 6.49. The molecule has 3 aromatic carbocycles. The number of ether oxygens (including phenoxy) is 4. The summed E-state index contributed by atoms with van der Waals surface area (Å²) in [5, 5.41) is -0.429. The molecule has 3 aromatic rings. The van der Waals surface area contributed by atoms with Gasteiger partial charge in [-0.15, -0.1) is 11.8 Å². The Labute approximate surface area is 256 Å². The molecule has 228 valence electrons. The van der Waals surface area contributed by atoms with Crippen molar-refractivity contribution in [2.24, 2.45) is 5.41 Å². The molecule has 9 heteroatoms. The summed E-state index contributed by atoms with van der Waals surface area (Å²) in [5.74, 6) is -0.970. The third kappa shape index (κ3) is 7.22. The summed E-state index contributed by atoms with van der Waals surface area (Å²) in [6.07, 6.45) is 0. The molecule has 0 aliphatic carbocycles. The van der Waals surface area contributed by atoms with Gasteiger partial charge in [0.1, 0.15) is 22.4 Å². The average molecular weight is 608 g/mol. The van der Waals surface area contributed by atoms with E-state index < -0.39 is 22.6 Å². The molecule has 0 radical (unpaired) electrons. The van der Waals surface area contributed by atoms with Crippen molar-refractivity contribution in [3.05, 3.63) is 95.8 Å². The van der Waals surface area contributed by atoms with Gasteiger partial charge < -0.3 is 23.8 Å². The van der Waals surface area contributed by atoms with Gasteiger partial charge >= 0.3 is 5.97 Å². The zero-order valence-electron chi connectivity index (χ0n) is 25.2. The topological polar surface area (TPSA) is 74.3 Å². The summed E-state index contributed by atoms with van der Waals surface area (Å²) >= 11 is 1.49. The number of anilines is 1. The smallest absolute Gasteiger partial charge is 0.344 e. The van der Waals surface area contributed by atoms with E-state index >= 15 is 0 Å². The maximum atomic E-state index is 13.7. The number of benzene rings is 3. The predicted molar refractivity (Wildman–Crippen MR) is 164 cm³/mol. The normalized spacial score (nSPS) is 21.2. The highest BCUT2D eigenvalue weighted by atomic mass is 32.2. The van der Waals surface area contributed by atoms with Crippen LogP contribution in [0.3, 0.4) is 0 Å². The van der Waals surface area contributed by atoms with Crippen LogP contribution in [0.1, 0.15) is 51.8 Å². The van der Waals surface area contributed by atoms with E-state index in [1.165, 1.54) is 23.9 Å². The first kappa shape index (κ1) is 31.0. The van der Waals surface area contributed by atoms with Crippen LogP contribution in [0, 0.1) is 11.2 Å². The lowest BCUT2D eigenvalue weighted by Crippen LogP contribution is -2.58. The van der Waals surface area contributed by atoms with Crippen LogP contribution in [0.2, 0.25) is 0 Å². The molecule has 2 fully saturated rings. The molecule has 2 heterocycles. The highest BCUT2D eigenvalue weighted by molar-refractivity contribution is 8.00. The maximum absolute atomic E-state index is 13.7. The van der Waals surface area contributed by atoms with E-state index in [1.54, 1.807) is 49.9 Å². The highest BCUT2D eigenvalue weighted by Gasteiger charge is 2.51. The Morgan fingerprint density at radius 2 is 1.60 bits per heavy atom. The zero-order valence-corrected chi connectivity index (χ0v) is 26.0. The lowest BCUT2D eigenvalue weighted by Gasteiger charge is -2.49. The molecule has 5 rings (SSSR count). The van der Waals surface area contributed by atoms with Crippen molar-refractivity contribution in [2.45, 2.75) is 57.3 Å². The van der Waals surface area contributed by atoms with E-state index in [9.17, 15) is 14.0 Å². The second-order valence-electron chi connectivity index (χ2n) is 12.7. The molecule has 43 heavy (non-hydrogen) atoms.